The van der Waals surface area contributed by atoms with Crippen molar-refractivity contribution in [2.75, 3.05) is 5.32 Å². The number of benzene rings is 2. The fraction of sp³-hybridized carbons (Fsp3) is 0.300. The van der Waals surface area contributed by atoms with E-state index in [1.54, 1.807) is 63.2 Å². The fourth-order valence-corrected chi connectivity index (χ4v) is 3.36. The van der Waals surface area contributed by atoms with Crippen LogP contribution in [0.1, 0.15) is 48.4 Å². The Morgan fingerprint density at radius 3 is 2.32 bits per heavy atom. The van der Waals surface area contributed by atoms with Crippen molar-refractivity contribution >= 4 is 21.6 Å². The van der Waals surface area contributed by atoms with Gasteiger partial charge in [0.25, 0.3) is 5.91 Å². The van der Waals surface area contributed by atoms with Gasteiger partial charge in [0, 0.05) is 17.3 Å². The van der Waals surface area contributed by atoms with Crippen LogP contribution in [-0.2, 0) is 10.0 Å². The Kier molecular flexibility index (Phi) is 6.91. The minimum absolute atomic E-state index is 0.358. The first kappa shape index (κ1) is 21.6. The molecule has 8 heteroatoms. The van der Waals surface area contributed by atoms with Crippen molar-refractivity contribution in [2.45, 2.75) is 38.2 Å². The van der Waals surface area contributed by atoms with E-state index in [9.17, 15) is 18.3 Å². The van der Waals surface area contributed by atoms with Gasteiger partial charge in [-0.3, -0.25) is 4.79 Å². The molecule has 7 nitrogen and oxygen atoms in total. The number of rotatable bonds is 7. The van der Waals surface area contributed by atoms with E-state index in [-0.39, 0.29) is 5.91 Å². The van der Waals surface area contributed by atoms with Gasteiger partial charge in [-0.25, -0.2) is 13.1 Å². The first-order valence-corrected chi connectivity index (χ1v) is 10.3. The Labute approximate surface area is 165 Å². The second-order valence-electron chi connectivity index (χ2n) is 6.71. The van der Waals surface area contributed by atoms with Gasteiger partial charge in [0.05, 0.1) is 23.0 Å². The van der Waals surface area contributed by atoms with Gasteiger partial charge in [-0.15, -0.1) is 0 Å². The average molecular weight is 401 g/mol. The third-order valence-electron chi connectivity index (χ3n) is 4.21. The lowest BCUT2D eigenvalue weighted by Crippen LogP contribution is -2.40. The molecule has 0 bridgehead atoms. The van der Waals surface area contributed by atoms with Crippen LogP contribution in [0.15, 0.2) is 48.5 Å². The summed E-state index contributed by atoms with van der Waals surface area (Å²) in [5.74, 6) is -0.358. The van der Waals surface area contributed by atoms with Gasteiger partial charge in [0.2, 0.25) is 10.0 Å². The maximum absolute atomic E-state index is 12.3. The standard InChI is InChI=1S/C20H23N3O4S/c1-13(2)28(26,27)23-14(3)19(24)16-7-9-18(10-8-16)22-20(25)17-6-4-5-15(11-17)12-21/h4-11,13-14,19,23-24H,1-3H3,(H,22,25). The highest BCUT2D eigenvalue weighted by Gasteiger charge is 2.24. The van der Waals surface area contributed by atoms with E-state index in [1.807, 2.05) is 6.07 Å². The second kappa shape index (κ2) is 8.97. The first-order valence-electron chi connectivity index (χ1n) is 8.74. The summed E-state index contributed by atoms with van der Waals surface area (Å²) < 4.78 is 26.3. The summed E-state index contributed by atoms with van der Waals surface area (Å²) in [6.45, 7) is 4.71. The molecule has 2 atom stereocenters. The predicted octanol–water partition coefficient (Wildman–Crippen LogP) is 2.56. The lowest BCUT2D eigenvalue weighted by molar-refractivity contribution is 0.102. The molecular weight excluding hydrogens is 378 g/mol. The maximum atomic E-state index is 12.3. The van der Waals surface area contributed by atoms with Crippen molar-refractivity contribution in [3.05, 3.63) is 65.2 Å². The maximum Gasteiger partial charge on any atom is 0.255 e. The van der Waals surface area contributed by atoms with Crippen molar-refractivity contribution in [3.63, 3.8) is 0 Å². The molecule has 2 aromatic rings. The van der Waals surface area contributed by atoms with Gasteiger partial charge in [0.15, 0.2) is 0 Å². The number of hydrogen-bond donors (Lipinski definition) is 3. The number of aliphatic hydroxyl groups excluding tert-OH is 1. The molecule has 2 aromatic carbocycles. The number of nitrogens with one attached hydrogen (secondary N) is 2. The Morgan fingerprint density at radius 1 is 1.11 bits per heavy atom. The van der Waals surface area contributed by atoms with Crippen molar-refractivity contribution in [2.24, 2.45) is 0 Å². The second-order valence-corrected chi connectivity index (χ2v) is 8.98. The Balaban J connectivity index is 2.06. The predicted molar refractivity (Wildman–Crippen MR) is 107 cm³/mol. The zero-order valence-corrected chi connectivity index (χ0v) is 16.7. The van der Waals surface area contributed by atoms with Crippen LogP contribution in [0.5, 0.6) is 0 Å². The molecule has 1 amide bonds. The molecule has 28 heavy (non-hydrogen) atoms. The normalized spacial score (nSPS) is 13.6. The number of anilines is 1. The third kappa shape index (κ3) is 5.39. The number of hydrogen-bond acceptors (Lipinski definition) is 5. The van der Waals surface area contributed by atoms with Crippen LogP contribution < -0.4 is 10.0 Å². The van der Waals surface area contributed by atoms with Crippen LogP contribution in [0, 0.1) is 11.3 Å². The Morgan fingerprint density at radius 2 is 1.75 bits per heavy atom. The third-order valence-corrected chi connectivity index (χ3v) is 6.15. The molecule has 0 fully saturated rings. The number of amides is 1. The highest BCUT2D eigenvalue weighted by atomic mass is 32.2. The monoisotopic (exact) mass is 401 g/mol. The Hall–Kier alpha value is -2.73. The average Bonchev–Trinajstić information content (AvgIpc) is 2.67. The molecule has 3 N–H and O–H groups in total. The lowest BCUT2D eigenvalue weighted by atomic mass is 10.0. The molecule has 0 spiro atoms. The van der Waals surface area contributed by atoms with Gasteiger partial charge in [-0.05, 0) is 56.7 Å². The van der Waals surface area contributed by atoms with E-state index in [4.69, 9.17) is 5.26 Å². The largest absolute Gasteiger partial charge is 0.387 e. The molecule has 0 saturated heterocycles. The molecule has 0 aromatic heterocycles. The van der Waals surface area contributed by atoms with E-state index >= 15 is 0 Å². The van der Waals surface area contributed by atoms with Gasteiger partial charge in [-0.1, -0.05) is 18.2 Å². The van der Waals surface area contributed by atoms with Crippen LogP contribution in [-0.4, -0.2) is 30.7 Å². The topological polar surface area (TPSA) is 119 Å². The van der Waals surface area contributed by atoms with Gasteiger partial charge >= 0.3 is 0 Å². The highest BCUT2D eigenvalue weighted by molar-refractivity contribution is 7.90. The van der Waals surface area contributed by atoms with E-state index in [0.29, 0.717) is 22.4 Å². The van der Waals surface area contributed by atoms with Crippen molar-refractivity contribution in [3.8, 4) is 6.07 Å². The molecule has 2 unspecified atom stereocenters. The first-order chi connectivity index (χ1) is 13.1. The molecule has 0 heterocycles. The smallest absolute Gasteiger partial charge is 0.255 e. The molecule has 0 radical (unpaired) electrons. The van der Waals surface area contributed by atoms with Crippen molar-refractivity contribution in [1.82, 2.24) is 4.72 Å². The van der Waals surface area contributed by atoms with Gasteiger partial charge in [-0.2, -0.15) is 5.26 Å². The molecule has 2 rings (SSSR count). The number of sulfonamides is 1. The van der Waals surface area contributed by atoms with Gasteiger partial charge < -0.3 is 10.4 Å². The SMILES string of the molecule is CC(NS(=O)(=O)C(C)C)C(O)c1ccc(NC(=O)c2cccc(C#N)c2)cc1. The molecule has 0 saturated carbocycles. The number of nitriles is 1. The van der Waals surface area contributed by atoms with Gasteiger partial charge in [0.1, 0.15) is 0 Å². The number of aliphatic hydroxyl groups is 1. The summed E-state index contributed by atoms with van der Waals surface area (Å²) in [6.07, 6.45) is -1.04. The number of carbonyl (C=O) groups is 1. The zero-order valence-electron chi connectivity index (χ0n) is 15.9. The van der Waals surface area contributed by atoms with E-state index in [1.165, 1.54) is 6.07 Å². The summed E-state index contributed by atoms with van der Waals surface area (Å²) in [6, 6.07) is 14.1. The zero-order chi connectivity index (χ0) is 20.9. The summed E-state index contributed by atoms with van der Waals surface area (Å²) in [7, 11) is -3.50. The number of carbonyl (C=O) groups excluding carboxylic acids is 1. The lowest BCUT2D eigenvalue weighted by Gasteiger charge is -2.22. The summed E-state index contributed by atoms with van der Waals surface area (Å²) in [4.78, 5) is 12.3. The Bertz CT molecular complexity index is 979. The molecular formula is C20H23N3O4S. The van der Waals surface area contributed by atoms with E-state index in [0.717, 1.165) is 0 Å². The highest BCUT2D eigenvalue weighted by Crippen LogP contribution is 2.20. The fourth-order valence-electron chi connectivity index (χ4n) is 2.45. The van der Waals surface area contributed by atoms with Crippen LogP contribution in [0.25, 0.3) is 0 Å². The quantitative estimate of drug-likeness (QED) is 0.659. The van der Waals surface area contributed by atoms with Crippen LogP contribution in [0.2, 0.25) is 0 Å². The minimum atomic E-state index is -3.50. The molecule has 148 valence electrons. The molecule has 0 aliphatic carbocycles. The van der Waals surface area contributed by atoms with Crippen molar-refractivity contribution in [1.29, 1.82) is 5.26 Å². The summed E-state index contributed by atoms with van der Waals surface area (Å²) in [5, 5.41) is 21.4. The van der Waals surface area contributed by atoms with E-state index in [2.05, 4.69) is 10.0 Å². The van der Waals surface area contributed by atoms with Crippen LogP contribution in [0.3, 0.4) is 0 Å². The van der Waals surface area contributed by atoms with E-state index < -0.39 is 27.4 Å². The minimum Gasteiger partial charge on any atom is -0.387 e. The van der Waals surface area contributed by atoms with Crippen LogP contribution >= 0.6 is 0 Å². The molecule has 0 aliphatic rings. The van der Waals surface area contributed by atoms with Crippen molar-refractivity contribution < 1.29 is 18.3 Å². The summed E-state index contributed by atoms with van der Waals surface area (Å²) >= 11 is 0. The molecule has 0 aliphatic heterocycles. The van der Waals surface area contributed by atoms with Crippen LogP contribution in [0.4, 0.5) is 5.69 Å². The summed E-state index contributed by atoms with van der Waals surface area (Å²) in [5.41, 5.74) is 1.78. The number of nitrogens with zero attached hydrogens (tertiary/aromatic N) is 1.